The maximum absolute atomic E-state index is 5.41. The zero-order valence-electron chi connectivity index (χ0n) is 10.7. The highest BCUT2D eigenvalue weighted by atomic mass is 32.2. The van der Waals surface area contributed by atoms with Gasteiger partial charge in [0.25, 0.3) is 0 Å². The van der Waals surface area contributed by atoms with Crippen LogP contribution in [-0.2, 0) is 11.3 Å². The summed E-state index contributed by atoms with van der Waals surface area (Å²) in [6, 6.07) is 9.78. The molecule has 2 nitrogen and oxygen atoms in total. The largest absolute Gasteiger partial charge is 0.381 e. The molecular formula is C15H21NOS. The Morgan fingerprint density at radius 2 is 2.00 bits per heavy atom. The van der Waals surface area contributed by atoms with Crippen molar-refractivity contribution < 1.29 is 4.74 Å². The number of hydrogen-bond acceptors (Lipinski definition) is 3. The molecule has 1 aromatic rings. The molecule has 1 heterocycles. The Labute approximate surface area is 113 Å². The monoisotopic (exact) mass is 263 g/mol. The summed E-state index contributed by atoms with van der Waals surface area (Å²) >= 11 is 2.02. The summed E-state index contributed by atoms with van der Waals surface area (Å²) in [7, 11) is 0. The summed E-state index contributed by atoms with van der Waals surface area (Å²) in [6.07, 6.45) is 5.09. The molecule has 2 aliphatic rings. The predicted molar refractivity (Wildman–Crippen MR) is 76.0 cm³/mol. The zero-order chi connectivity index (χ0) is 12.2. The fourth-order valence-corrected chi connectivity index (χ4v) is 3.45. The topological polar surface area (TPSA) is 21.3 Å². The first-order valence-electron chi connectivity index (χ1n) is 6.97. The smallest absolute Gasteiger partial charge is 0.0476 e. The molecule has 0 amide bonds. The first kappa shape index (κ1) is 12.5. The zero-order valence-corrected chi connectivity index (χ0v) is 11.5. The van der Waals surface area contributed by atoms with Crippen LogP contribution in [0.25, 0.3) is 0 Å². The minimum Gasteiger partial charge on any atom is -0.381 e. The van der Waals surface area contributed by atoms with E-state index in [1.165, 1.54) is 36.1 Å². The first-order chi connectivity index (χ1) is 8.90. The Bertz CT molecular complexity index is 386. The van der Waals surface area contributed by atoms with Crippen molar-refractivity contribution in [2.24, 2.45) is 0 Å². The lowest BCUT2D eigenvalue weighted by Gasteiger charge is -2.21. The summed E-state index contributed by atoms with van der Waals surface area (Å²) in [4.78, 5) is 1.41. The molecule has 0 radical (unpaired) electrons. The van der Waals surface area contributed by atoms with Crippen LogP contribution in [0.2, 0.25) is 0 Å². The number of rotatable bonds is 5. The van der Waals surface area contributed by atoms with E-state index in [1.807, 2.05) is 11.8 Å². The van der Waals surface area contributed by atoms with Gasteiger partial charge >= 0.3 is 0 Å². The van der Waals surface area contributed by atoms with Crippen LogP contribution in [0.15, 0.2) is 29.2 Å². The van der Waals surface area contributed by atoms with Crippen LogP contribution in [0.5, 0.6) is 0 Å². The lowest BCUT2D eigenvalue weighted by atomic mass is 10.2. The summed E-state index contributed by atoms with van der Waals surface area (Å²) in [6.45, 7) is 2.88. The van der Waals surface area contributed by atoms with Crippen LogP contribution in [0.3, 0.4) is 0 Å². The third kappa shape index (κ3) is 3.74. The van der Waals surface area contributed by atoms with Gasteiger partial charge in [-0.05, 0) is 43.4 Å². The molecular weight excluding hydrogens is 242 g/mol. The van der Waals surface area contributed by atoms with Gasteiger partial charge in [-0.2, -0.15) is 0 Å². The van der Waals surface area contributed by atoms with E-state index in [-0.39, 0.29) is 0 Å². The van der Waals surface area contributed by atoms with E-state index < -0.39 is 0 Å². The summed E-state index contributed by atoms with van der Waals surface area (Å²) in [5.74, 6) is 0. The van der Waals surface area contributed by atoms with Crippen molar-refractivity contribution >= 4 is 11.8 Å². The fraction of sp³-hybridized carbons (Fsp3) is 0.600. The molecule has 3 rings (SSSR count). The van der Waals surface area contributed by atoms with Gasteiger partial charge < -0.3 is 10.1 Å². The van der Waals surface area contributed by atoms with Gasteiger partial charge in [0.1, 0.15) is 0 Å². The molecule has 2 fully saturated rings. The maximum Gasteiger partial charge on any atom is 0.0476 e. The predicted octanol–water partition coefficient (Wildman–Crippen LogP) is 3.21. The molecule has 98 valence electrons. The van der Waals surface area contributed by atoms with Crippen LogP contribution >= 0.6 is 11.8 Å². The Kier molecular flexibility index (Phi) is 4.24. The van der Waals surface area contributed by atoms with Crippen LogP contribution < -0.4 is 5.32 Å². The van der Waals surface area contributed by atoms with Gasteiger partial charge in [0.2, 0.25) is 0 Å². The second-order valence-corrected chi connectivity index (χ2v) is 6.61. The lowest BCUT2D eigenvalue weighted by molar-refractivity contribution is 0.100. The SMILES string of the molecule is c1cc(CNC2CC2)cc(SC2CCOCC2)c1. The first-order valence-corrected chi connectivity index (χ1v) is 7.85. The van der Waals surface area contributed by atoms with E-state index in [4.69, 9.17) is 4.74 Å². The summed E-state index contributed by atoms with van der Waals surface area (Å²) in [5, 5.41) is 4.32. The highest BCUT2D eigenvalue weighted by Gasteiger charge is 2.20. The van der Waals surface area contributed by atoms with Crippen molar-refractivity contribution in [2.45, 2.75) is 48.4 Å². The van der Waals surface area contributed by atoms with Crippen molar-refractivity contribution in [3.05, 3.63) is 29.8 Å². The minimum atomic E-state index is 0.741. The van der Waals surface area contributed by atoms with E-state index in [1.54, 1.807) is 0 Å². The van der Waals surface area contributed by atoms with Gasteiger partial charge in [0.15, 0.2) is 0 Å². The second-order valence-electron chi connectivity index (χ2n) is 5.23. The van der Waals surface area contributed by atoms with Gasteiger partial charge in [-0.3, -0.25) is 0 Å². The standard InChI is InChI=1S/C15H21NOS/c1-2-12(11-16-13-4-5-13)10-15(3-1)18-14-6-8-17-9-7-14/h1-3,10,13-14,16H,4-9,11H2. The minimum absolute atomic E-state index is 0.741. The van der Waals surface area contributed by atoms with Crippen molar-refractivity contribution in [3.8, 4) is 0 Å². The quantitative estimate of drug-likeness (QED) is 0.881. The molecule has 0 aromatic heterocycles. The van der Waals surface area contributed by atoms with Crippen LogP contribution in [-0.4, -0.2) is 24.5 Å². The fourth-order valence-electron chi connectivity index (χ4n) is 2.26. The Morgan fingerprint density at radius 1 is 1.17 bits per heavy atom. The average Bonchev–Trinajstić information content (AvgIpc) is 3.22. The van der Waals surface area contributed by atoms with Crippen LogP contribution in [0, 0.1) is 0 Å². The van der Waals surface area contributed by atoms with Gasteiger partial charge in [-0.15, -0.1) is 11.8 Å². The number of thioether (sulfide) groups is 1. The summed E-state index contributed by atoms with van der Waals surface area (Å²) in [5.41, 5.74) is 1.42. The van der Waals surface area contributed by atoms with E-state index in [2.05, 4.69) is 29.6 Å². The molecule has 1 N–H and O–H groups in total. The molecule has 0 unspecified atom stereocenters. The Hall–Kier alpha value is -0.510. The summed E-state index contributed by atoms with van der Waals surface area (Å²) < 4.78 is 5.41. The highest BCUT2D eigenvalue weighted by molar-refractivity contribution is 8.00. The molecule has 1 aliphatic carbocycles. The van der Waals surface area contributed by atoms with E-state index in [0.29, 0.717) is 0 Å². The lowest BCUT2D eigenvalue weighted by Crippen LogP contribution is -2.17. The Morgan fingerprint density at radius 3 is 2.78 bits per heavy atom. The average molecular weight is 263 g/mol. The van der Waals surface area contributed by atoms with Gasteiger partial charge in [-0.1, -0.05) is 12.1 Å². The normalized spacial score (nSPS) is 21.1. The highest BCUT2D eigenvalue weighted by Crippen LogP contribution is 2.30. The number of nitrogens with one attached hydrogen (secondary N) is 1. The molecule has 0 atom stereocenters. The molecule has 0 spiro atoms. The number of hydrogen-bond donors (Lipinski definition) is 1. The van der Waals surface area contributed by atoms with E-state index in [9.17, 15) is 0 Å². The van der Waals surface area contributed by atoms with Gasteiger partial charge in [0.05, 0.1) is 0 Å². The molecule has 18 heavy (non-hydrogen) atoms. The molecule has 0 bridgehead atoms. The molecule has 1 saturated carbocycles. The van der Waals surface area contributed by atoms with Crippen molar-refractivity contribution in [2.75, 3.05) is 13.2 Å². The van der Waals surface area contributed by atoms with E-state index in [0.717, 1.165) is 31.1 Å². The Balaban J connectivity index is 1.55. The molecule has 1 saturated heterocycles. The van der Waals surface area contributed by atoms with Crippen LogP contribution in [0.4, 0.5) is 0 Å². The van der Waals surface area contributed by atoms with Crippen LogP contribution in [0.1, 0.15) is 31.2 Å². The third-order valence-corrected chi connectivity index (χ3v) is 4.87. The van der Waals surface area contributed by atoms with Gasteiger partial charge in [0, 0.05) is 35.9 Å². The van der Waals surface area contributed by atoms with Gasteiger partial charge in [-0.25, -0.2) is 0 Å². The van der Waals surface area contributed by atoms with Crippen molar-refractivity contribution in [1.82, 2.24) is 5.32 Å². The molecule has 1 aliphatic heterocycles. The maximum atomic E-state index is 5.41. The number of benzene rings is 1. The van der Waals surface area contributed by atoms with Crippen molar-refractivity contribution in [3.63, 3.8) is 0 Å². The van der Waals surface area contributed by atoms with E-state index >= 15 is 0 Å². The second kappa shape index (κ2) is 6.09. The molecule has 3 heteroatoms. The third-order valence-electron chi connectivity index (χ3n) is 3.54. The molecule has 1 aromatic carbocycles. The number of ether oxygens (including phenoxy) is 1. The van der Waals surface area contributed by atoms with Crippen molar-refractivity contribution in [1.29, 1.82) is 0 Å².